The summed E-state index contributed by atoms with van der Waals surface area (Å²) < 4.78 is 13.3. The molecular weight excluding hydrogens is 419 g/mol. The molecule has 7 heteroatoms. The minimum atomic E-state index is -0.425. The first kappa shape index (κ1) is 24.1. The predicted octanol–water partition coefficient (Wildman–Crippen LogP) is 4.56. The van der Waals surface area contributed by atoms with Crippen LogP contribution in [0.15, 0.2) is 73.1 Å². The van der Waals surface area contributed by atoms with Crippen molar-refractivity contribution in [1.82, 2.24) is 10.3 Å². The average molecular weight is 449 g/mol. The number of carbonyl (C=O) groups excluding carboxylic acids is 2. The van der Waals surface area contributed by atoms with E-state index in [1.807, 2.05) is 0 Å². The molecule has 0 fully saturated rings. The molecule has 3 rings (SSSR count). The largest absolute Gasteiger partial charge is 0.354 e. The molecule has 0 saturated carbocycles. The van der Waals surface area contributed by atoms with Gasteiger partial charge in [0.05, 0.1) is 5.92 Å². The van der Waals surface area contributed by atoms with Crippen LogP contribution in [0.4, 0.5) is 10.1 Å². The van der Waals surface area contributed by atoms with E-state index in [2.05, 4.69) is 22.5 Å². The van der Waals surface area contributed by atoms with Gasteiger partial charge >= 0.3 is 0 Å². The summed E-state index contributed by atoms with van der Waals surface area (Å²) in [5.74, 6) is -1.03. The number of halogens is 1. The molecule has 33 heavy (non-hydrogen) atoms. The number of hydrogen-bond acceptors (Lipinski definition) is 4. The highest BCUT2D eigenvalue weighted by molar-refractivity contribution is 6.04. The predicted molar refractivity (Wildman–Crippen MR) is 127 cm³/mol. The Kier molecular flexibility index (Phi) is 8.66. The molecule has 4 N–H and O–H groups in total. The molecule has 172 valence electrons. The first-order valence-corrected chi connectivity index (χ1v) is 11.1. The Morgan fingerprint density at radius 2 is 1.61 bits per heavy atom. The van der Waals surface area contributed by atoms with Gasteiger partial charge in [-0.25, -0.2) is 4.39 Å². The van der Waals surface area contributed by atoms with Gasteiger partial charge in [0, 0.05) is 36.2 Å². The molecule has 2 aromatic carbocycles. The Bertz CT molecular complexity index is 1040. The van der Waals surface area contributed by atoms with Crippen LogP contribution in [0, 0.1) is 5.82 Å². The number of nitrogens with zero attached hydrogens (tertiary/aromatic N) is 1. The summed E-state index contributed by atoms with van der Waals surface area (Å²) in [6.07, 6.45) is 5.75. The van der Waals surface area contributed by atoms with Crippen molar-refractivity contribution >= 4 is 17.5 Å². The van der Waals surface area contributed by atoms with Crippen molar-refractivity contribution in [2.75, 3.05) is 11.9 Å². The molecule has 0 aliphatic rings. The number of hydrogen-bond donors (Lipinski definition) is 3. The first-order chi connectivity index (χ1) is 16.0. The number of benzene rings is 2. The van der Waals surface area contributed by atoms with Gasteiger partial charge in [-0.3, -0.25) is 14.6 Å². The minimum Gasteiger partial charge on any atom is -0.354 e. The second-order valence-corrected chi connectivity index (χ2v) is 7.91. The van der Waals surface area contributed by atoms with Crippen LogP contribution in [-0.2, 0) is 4.79 Å². The summed E-state index contributed by atoms with van der Waals surface area (Å²) in [7, 11) is 0. The summed E-state index contributed by atoms with van der Waals surface area (Å²) in [4.78, 5) is 29.2. The number of pyridine rings is 1. The highest BCUT2D eigenvalue weighted by atomic mass is 19.1. The van der Waals surface area contributed by atoms with Crippen molar-refractivity contribution in [3.05, 3.63) is 95.6 Å². The molecular formula is C26H29FN4O2. The van der Waals surface area contributed by atoms with Crippen LogP contribution >= 0.6 is 0 Å². The van der Waals surface area contributed by atoms with Gasteiger partial charge in [0.25, 0.3) is 5.91 Å². The Morgan fingerprint density at radius 1 is 0.970 bits per heavy atom. The lowest BCUT2D eigenvalue weighted by Gasteiger charge is -2.19. The molecule has 0 bridgehead atoms. The third-order valence-corrected chi connectivity index (χ3v) is 5.47. The van der Waals surface area contributed by atoms with E-state index < -0.39 is 6.04 Å². The zero-order chi connectivity index (χ0) is 23.6. The highest BCUT2D eigenvalue weighted by Crippen LogP contribution is 2.23. The van der Waals surface area contributed by atoms with Crippen molar-refractivity contribution in [2.45, 2.75) is 38.1 Å². The molecule has 0 aliphatic heterocycles. The number of unbranched alkanes of at least 4 members (excludes halogenated alkanes) is 1. The van der Waals surface area contributed by atoms with Crippen LogP contribution in [-0.4, -0.2) is 23.3 Å². The van der Waals surface area contributed by atoms with Gasteiger partial charge in [0.1, 0.15) is 5.82 Å². The van der Waals surface area contributed by atoms with Crippen molar-refractivity contribution in [3.8, 4) is 0 Å². The lowest BCUT2D eigenvalue weighted by atomic mass is 9.92. The van der Waals surface area contributed by atoms with E-state index in [1.54, 1.807) is 60.9 Å². The summed E-state index contributed by atoms with van der Waals surface area (Å²) >= 11 is 0. The van der Waals surface area contributed by atoms with Crippen molar-refractivity contribution in [2.24, 2.45) is 5.73 Å². The monoisotopic (exact) mass is 448 g/mol. The van der Waals surface area contributed by atoms with E-state index in [0.717, 1.165) is 24.0 Å². The molecule has 1 unspecified atom stereocenters. The normalized spacial score (nSPS) is 12.6. The van der Waals surface area contributed by atoms with Gasteiger partial charge in [0.2, 0.25) is 5.91 Å². The molecule has 3 aromatic rings. The number of nitrogens with two attached hydrogens (primary N) is 1. The third-order valence-electron chi connectivity index (χ3n) is 5.47. The highest BCUT2D eigenvalue weighted by Gasteiger charge is 2.21. The lowest BCUT2D eigenvalue weighted by molar-refractivity contribution is -0.122. The molecule has 0 radical (unpaired) electrons. The molecule has 0 saturated heterocycles. The van der Waals surface area contributed by atoms with Gasteiger partial charge < -0.3 is 16.4 Å². The minimum absolute atomic E-state index is 0.126. The average Bonchev–Trinajstić information content (AvgIpc) is 2.84. The Labute approximate surface area is 193 Å². The summed E-state index contributed by atoms with van der Waals surface area (Å²) in [6.45, 7) is 2.32. The van der Waals surface area contributed by atoms with E-state index in [-0.39, 0.29) is 30.1 Å². The van der Waals surface area contributed by atoms with Crippen molar-refractivity contribution in [3.63, 3.8) is 0 Å². The van der Waals surface area contributed by atoms with Crippen molar-refractivity contribution < 1.29 is 14.0 Å². The van der Waals surface area contributed by atoms with Crippen LogP contribution in [0.25, 0.3) is 0 Å². The fourth-order valence-corrected chi connectivity index (χ4v) is 3.52. The van der Waals surface area contributed by atoms with E-state index in [1.165, 1.54) is 12.1 Å². The van der Waals surface area contributed by atoms with E-state index >= 15 is 0 Å². The summed E-state index contributed by atoms with van der Waals surface area (Å²) in [5, 5.41) is 5.73. The van der Waals surface area contributed by atoms with Crippen molar-refractivity contribution in [1.29, 1.82) is 0 Å². The van der Waals surface area contributed by atoms with Crippen LogP contribution in [0.3, 0.4) is 0 Å². The van der Waals surface area contributed by atoms with Gasteiger partial charge in [-0.1, -0.05) is 44.0 Å². The second kappa shape index (κ2) is 11.9. The smallest absolute Gasteiger partial charge is 0.255 e. The zero-order valence-corrected chi connectivity index (χ0v) is 18.6. The lowest BCUT2D eigenvalue weighted by Crippen LogP contribution is -2.35. The standard InChI is InChI=1S/C26H29FN4O2/c1-2-3-4-23(18-9-11-21(27)12-10-18)26(33)30-17-24(28)19-5-7-20(8-6-19)25(32)31-22-13-15-29-16-14-22/h5-16,23-24H,2-4,17,28H2,1H3,(H,30,33)(H,29,31,32)/t23?,24-/m1/s1. The number of amides is 2. The van der Waals surface area contributed by atoms with Crippen LogP contribution < -0.4 is 16.4 Å². The molecule has 1 heterocycles. The summed E-state index contributed by atoms with van der Waals surface area (Å²) in [6, 6.07) is 16.0. The maximum absolute atomic E-state index is 13.3. The second-order valence-electron chi connectivity index (χ2n) is 7.91. The zero-order valence-electron chi connectivity index (χ0n) is 18.6. The van der Waals surface area contributed by atoms with Crippen LogP contribution in [0.2, 0.25) is 0 Å². The summed E-state index contributed by atoms with van der Waals surface area (Å²) in [5.41, 5.74) is 9.05. The third kappa shape index (κ3) is 6.95. The number of aromatic nitrogens is 1. The molecule has 1 aromatic heterocycles. The topological polar surface area (TPSA) is 97.1 Å². The van der Waals surface area contributed by atoms with Gasteiger partial charge in [-0.2, -0.15) is 0 Å². The molecule has 0 spiro atoms. The first-order valence-electron chi connectivity index (χ1n) is 11.1. The number of carbonyl (C=O) groups is 2. The van der Waals surface area contributed by atoms with E-state index in [4.69, 9.17) is 5.73 Å². The van der Waals surface area contributed by atoms with Crippen LogP contribution in [0.5, 0.6) is 0 Å². The quantitative estimate of drug-likeness (QED) is 0.423. The fourth-order valence-electron chi connectivity index (χ4n) is 3.52. The fraction of sp³-hybridized carbons (Fsp3) is 0.269. The van der Waals surface area contributed by atoms with Gasteiger partial charge in [-0.15, -0.1) is 0 Å². The molecule has 0 aliphatic carbocycles. The van der Waals surface area contributed by atoms with E-state index in [0.29, 0.717) is 17.7 Å². The van der Waals surface area contributed by atoms with Gasteiger partial charge in [-0.05, 0) is 53.9 Å². The Balaban J connectivity index is 1.58. The maximum Gasteiger partial charge on any atom is 0.255 e. The molecule has 2 amide bonds. The Hall–Kier alpha value is -3.58. The number of anilines is 1. The maximum atomic E-state index is 13.3. The SMILES string of the molecule is CCCCC(C(=O)NC[C@@H](N)c1ccc(C(=O)Nc2ccncc2)cc1)c1ccc(F)cc1. The van der Waals surface area contributed by atoms with Crippen LogP contribution in [0.1, 0.15) is 59.6 Å². The Morgan fingerprint density at radius 3 is 2.24 bits per heavy atom. The number of rotatable bonds is 10. The number of nitrogens with one attached hydrogen (secondary N) is 2. The molecule has 2 atom stereocenters. The molecule has 6 nitrogen and oxygen atoms in total. The van der Waals surface area contributed by atoms with Gasteiger partial charge in [0.15, 0.2) is 0 Å². The van der Waals surface area contributed by atoms with E-state index in [9.17, 15) is 14.0 Å².